The van der Waals surface area contributed by atoms with Crippen molar-refractivity contribution in [1.82, 2.24) is 9.97 Å². The average molecular weight is 314 g/mol. The fourth-order valence-electron chi connectivity index (χ4n) is 2.73. The quantitative estimate of drug-likeness (QED) is 0.659. The van der Waals surface area contributed by atoms with Crippen molar-refractivity contribution in [3.05, 3.63) is 61.7 Å². The van der Waals surface area contributed by atoms with E-state index in [1.165, 1.54) is 4.90 Å². The highest BCUT2D eigenvalue weighted by atomic mass is 16.6. The molecule has 3 rings (SSSR count). The summed E-state index contributed by atoms with van der Waals surface area (Å²) in [4.78, 5) is 42.7. The van der Waals surface area contributed by atoms with Gasteiger partial charge in [-0.3, -0.25) is 19.7 Å². The normalized spacial score (nSPS) is 14.3. The van der Waals surface area contributed by atoms with E-state index in [4.69, 9.17) is 0 Å². The van der Waals surface area contributed by atoms with Gasteiger partial charge >= 0.3 is 11.2 Å². The summed E-state index contributed by atoms with van der Waals surface area (Å²) in [6, 6.07) is 7.23. The minimum Gasteiger partial charge on any atom is -0.343 e. The van der Waals surface area contributed by atoms with Crippen molar-refractivity contribution in [1.29, 1.82) is 0 Å². The van der Waals surface area contributed by atoms with Crippen LogP contribution in [0.3, 0.4) is 0 Å². The lowest BCUT2D eigenvalue weighted by Crippen LogP contribution is -2.33. The third-order valence-electron chi connectivity index (χ3n) is 3.78. The molecule has 0 bridgehead atoms. The number of H-pyrrole nitrogens is 1. The van der Waals surface area contributed by atoms with Crippen LogP contribution in [0.25, 0.3) is 0 Å². The summed E-state index contributed by atoms with van der Waals surface area (Å²) in [5, 5.41) is 11.2. The van der Waals surface area contributed by atoms with Gasteiger partial charge in [-0.1, -0.05) is 24.3 Å². The molecule has 8 nitrogen and oxygen atoms in total. The lowest BCUT2D eigenvalue weighted by molar-refractivity contribution is -0.385. The Labute approximate surface area is 130 Å². The number of Topliss-reactive ketones (excluding diaryl/α,β-unsaturated/α-hetero) is 1. The first-order chi connectivity index (χ1) is 11.0. The van der Waals surface area contributed by atoms with E-state index in [1.54, 1.807) is 19.1 Å². The Morgan fingerprint density at radius 1 is 1.30 bits per heavy atom. The maximum atomic E-state index is 12.4. The highest BCUT2D eigenvalue weighted by Crippen LogP contribution is 2.25. The molecule has 0 fully saturated rings. The molecule has 2 aromatic rings. The second-order valence-corrected chi connectivity index (χ2v) is 5.33. The Hall–Kier alpha value is -3.03. The zero-order valence-corrected chi connectivity index (χ0v) is 12.4. The van der Waals surface area contributed by atoms with E-state index in [1.807, 2.05) is 12.1 Å². The lowest BCUT2D eigenvalue weighted by Gasteiger charge is -2.20. The molecule has 0 spiro atoms. The van der Waals surface area contributed by atoms with E-state index in [2.05, 4.69) is 9.97 Å². The minimum absolute atomic E-state index is 0.0479. The molecule has 23 heavy (non-hydrogen) atoms. The van der Waals surface area contributed by atoms with Crippen LogP contribution in [-0.4, -0.2) is 33.8 Å². The molecule has 0 unspecified atom stereocenters. The standard InChI is InChI=1S/C15H14N4O4/c1-9-16-14(13(19(22)23)15(21)17-9)18-7-6-10-4-2-3-5-11(10)12(20)8-18/h2-5H,6-8H2,1H3,(H,16,17,21). The topological polar surface area (TPSA) is 109 Å². The van der Waals surface area contributed by atoms with Crippen LogP contribution in [0.15, 0.2) is 29.1 Å². The molecule has 1 N–H and O–H groups in total. The summed E-state index contributed by atoms with van der Waals surface area (Å²) in [5.41, 5.74) is 0.0597. The number of carbonyl (C=O) groups excluding carboxylic acids is 1. The number of hydrogen-bond acceptors (Lipinski definition) is 6. The maximum absolute atomic E-state index is 12.4. The summed E-state index contributed by atoms with van der Waals surface area (Å²) in [7, 11) is 0. The van der Waals surface area contributed by atoms with Crippen LogP contribution in [-0.2, 0) is 6.42 Å². The van der Waals surface area contributed by atoms with Gasteiger partial charge in [0, 0.05) is 12.1 Å². The van der Waals surface area contributed by atoms with Crippen LogP contribution in [0, 0.1) is 17.0 Å². The van der Waals surface area contributed by atoms with Gasteiger partial charge in [0.1, 0.15) is 5.82 Å². The Morgan fingerprint density at radius 2 is 2.04 bits per heavy atom. The van der Waals surface area contributed by atoms with E-state index in [0.717, 1.165) is 5.56 Å². The Bertz CT molecular complexity index is 859. The summed E-state index contributed by atoms with van der Waals surface area (Å²) in [6.07, 6.45) is 0.548. The highest BCUT2D eigenvalue weighted by Gasteiger charge is 2.29. The fourth-order valence-corrected chi connectivity index (χ4v) is 2.73. The number of nitrogens with zero attached hydrogens (tertiary/aromatic N) is 3. The number of fused-ring (bicyclic) bond motifs is 1. The number of benzene rings is 1. The first-order valence-corrected chi connectivity index (χ1v) is 7.08. The Kier molecular flexibility index (Phi) is 3.65. The van der Waals surface area contributed by atoms with Crippen molar-refractivity contribution in [2.24, 2.45) is 0 Å². The summed E-state index contributed by atoms with van der Waals surface area (Å²) in [6.45, 7) is 1.87. The van der Waals surface area contributed by atoms with E-state index < -0.39 is 16.2 Å². The van der Waals surface area contributed by atoms with Crippen molar-refractivity contribution in [2.45, 2.75) is 13.3 Å². The van der Waals surface area contributed by atoms with Gasteiger partial charge in [-0.25, -0.2) is 4.98 Å². The molecule has 0 amide bonds. The predicted molar refractivity (Wildman–Crippen MR) is 82.9 cm³/mol. The van der Waals surface area contributed by atoms with Crippen LogP contribution in [0.1, 0.15) is 21.7 Å². The Balaban J connectivity index is 2.06. The number of nitrogens with one attached hydrogen (secondary N) is 1. The number of ketones is 1. The Morgan fingerprint density at radius 3 is 2.78 bits per heavy atom. The average Bonchev–Trinajstić information content (AvgIpc) is 2.66. The first-order valence-electron chi connectivity index (χ1n) is 7.08. The zero-order valence-electron chi connectivity index (χ0n) is 12.4. The predicted octanol–water partition coefficient (Wildman–Crippen LogP) is 1.23. The van der Waals surface area contributed by atoms with Crippen LogP contribution >= 0.6 is 0 Å². The van der Waals surface area contributed by atoms with Gasteiger partial charge in [0.15, 0.2) is 5.78 Å². The third-order valence-corrected chi connectivity index (χ3v) is 3.78. The summed E-state index contributed by atoms with van der Waals surface area (Å²) < 4.78 is 0. The van der Waals surface area contributed by atoms with Crippen molar-refractivity contribution in [3.63, 3.8) is 0 Å². The van der Waals surface area contributed by atoms with E-state index in [-0.39, 0.29) is 24.0 Å². The summed E-state index contributed by atoms with van der Waals surface area (Å²) >= 11 is 0. The lowest BCUT2D eigenvalue weighted by atomic mass is 10.0. The number of aryl methyl sites for hydroxylation is 1. The molecule has 0 saturated heterocycles. The van der Waals surface area contributed by atoms with Gasteiger partial charge in [-0.15, -0.1) is 0 Å². The number of nitro groups is 1. The van der Waals surface area contributed by atoms with Crippen LogP contribution in [0.5, 0.6) is 0 Å². The number of aromatic nitrogens is 2. The number of rotatable bonds is 2. The molecule has 0 saturated carbocycles. The highest BCUT2D eigenvalue weighted by molar-refractivity contribution is 6.01. The van der Waals surface area contributed by atoms with Gasteiger partial charge in [-0.2, -0.15) is 0 Å². The number of anilines is 1. The molecular formula is C15H14N4O4. The zero-order chi connectivity index (χ0) is 16.6. The van der Waals surface area contributed by atoms with Gasteiger partial charge in [0.05, 0.1) is 11.5 Å². The van der Waals surface area contributed by atoms with Crippen molar-refractivity contribution < 1.29 is 9.72 Å². The molecule has 1 aromatic heterocycles. The van der Waals surface area contributed by atoms with Gasteiger partial charge < -0.3 is 9.88 Å². The molecule has 2 heterocycles. The van der Waals surface area contributed by atoms with Gasteiger partial charge in [0.25, 0.3) is 0 Å². The van der Waals surface area contributed by atoms with Crippen molar-refractivity contribution in [3.8, 4) is 0 Å². The van der Waals surface area contributed by atoms with Crippen molar-refractivity contribution in [2.75, 3.05) is 18.0 Å². The van der Waals surface area contributed by atoms with Gasteiger partial charge in [-0.05, 0) is 18.9 Å². The second-order valence-electron chi connectivity index (χ2n) is 5.33. The molecule has 0 radical (unpaired) electrons. The van der Waals surface area contributed by atoms with Crippen LogP contribution in [0.4, 0.5) is 11.5 Å². The molecule has 118 valence electrons. The summed E-state index contributed by atoms with van der Waals surface area (Å²) in [5.74, 6) is 0.0642. The van der Waals surface area contributed by atoms with Gasteiger partial charge in [0.2, 0.25) is 5.82 Å². The minimum atomic E-state index is -0.813. The number of carbonyl (C=O) groups is 1. The van der Waals surface area contributed by atoms with E-state index in [9.17, 15) is 19.7 Å². The smallest absolute Gasteiger partial charge is 0.343 e. The molecule has 1 aliphatic rings. The van der Waals surface area contributed by atoms with Crippen molar-refractivity contribution >= 4 is 17.3 Å². The maximum Gasteiger partial charge on any atom is 0.375 e. The second kappa shape index (κ2) is 5.64. The molecule has 1 aromatic carbocycles. The molecule has 1 aliphatic heterocycles. The molecule has 8 heteroatoms. The monoisotopic (exact) mass is 314 g/mol. The fraction of sp³-hybridized carbons (Fsp3) is 0.267. The first kappa shape index (κ1) is 14.9. The van der Waals surface area contributed by atoms with E-state index >= 15 is 0 Å². The number of hydrogen-bond donors (Lipinski definition) is 1. The molecule has 0 atom stereocenters. The van der Waals surface area contributed by atoms with Crippen LogP contribution in [0.2, 0.25) is 0 Å². The number of aromatic amines is 1. The molecular weight excluding hydrogens is 300 g/mol. The third kappa shape index (κ3) is 2.70. The van der Waals surface area contributed by atoms with Crippen LogP contribution < -0.4 is 10.5 Å². The van der Waals surface area contributed by atoms with E-state index in [0.29, 0.717) is 18.5 Å². The largest absolute Gasteiger partial charge is 0.375 e. The SMILES string of the molecule is Cc1nc(N2CCc3ccccc3C(=O)C2)c([N+](=O)[O-])c(=O)[nH]1. The molecule has 0 aliphatic carbocycles.